The lowest BCUT2D eigenvalue weighted by atomic mass is 10.3. The van der Waals surface area contributed by atoms with Crippen LogP contribution in [0.4, 0.5) is 17.3 Å². The summed E-state index contributed by atoms with van der Waals surface area (Å²) in [5.41, 5.74) is 2.52. The number of rotatable bonds is 0. The Bertz CT molecular complexity index is 238. The zero-order valence-electron chi connectivity index (χ0n) is 7.32. The van der Waals surface area contributed by atoms with E-state index >= 15 is 0 Å². The molecule has 6 heteroatoms. The van der Waals surface area contributed by atoms with Crippen molar-refractivity contribution in [3.05, 3.63) is 29.6 Å². The summed E-state index contributed by atoms with van der Waals surface area (Å²) in [7, 11) is -6.00. The topological polar surface area (TPSA) is 14.1 Å². The Hall–Kier alpha value is -1.07. The number of pyridine rings is 1. The van der Waals surface area contributed by atoms with Gasteiger partial charge in [0, 0.05) is 19.1 Å². The third-order valence-electron chi connectivity index (χ3n) is 1.10. The highest BCUT2D eigenvalue weighted by atomic mass is 19.5. The summed E-state index contributed by atoms with van der Waals surface area (Å²) >= 11 is 0. The molecule has 1 heterocycles. The van der Waals surface area contributed by atoms with Gasteiger partial charge in [0.25, 0.3) is 0 Å². The van der Waals surface area contributed by atoms with E-state index < -0.39 is 7.25 Å². The van der Waals surface area contributed by atoms with Gasteiger partial charge in [-0.25, -0.2) is 4.98 Å². The molecule has 0 spiro atoms. The molecule has 74 valence electrons. The molecule has 0 radical (unpaired) electrons. The second kappa shape index (κ2) is 4.84. The molecule has 0 aliphatic rings. The Morgan fingerprint density at radius 3 is 1.85 bits per heavy atom. The average Bonchev–Trinajstić information content (AvgIpc) is 1.81. The Balaban J connectivity index is 0.000000252. The van der Waals surface area contributed by atoms with Crippen LogP contribution in [0.5, 0.6) is 0 Å². The molecule has 0 bridgehead atoms. The second-order valence-electron chi connectivity index (χ2n) is 2.54. The third kappa shape index (κ3) is 10.9. The molecular formula is C7H10BF4N. The van der Waals surface area contributed by atoms with Crippen LogP contribution < -0.4 is 4.98 Å². The predicted molar refractivity (Wildman–Crippen MR) is 42.7 cm³/mol. The van der Waals surface area contributed by atoms with E-state index in [1.807, 2.05) is 19.2 Å². The first-order chi connectivity index (χ1) is 5.79. The first-order valence-corrected chi connectivity index (χ1v) is 3.61. The lowest BCUT2D eigenvalue weighted by Crippen LogP contribution is -2.04. The van der Waals surface area contributed by atoms with Crippen molar-refractivity contribution in [1.29, 1.82) is 0 Å². The molecule has 0 saturated carbocycles. The van der Waals surface area contributed by atoms with Gasteiger partial charge < -0.3 is 17.3 Å². The zero-order valence-corrected chi connectivity index (χ0v) is 7.32. The van der Waals surface area contributed by atoms with E-state index in [1.165, 1.54) is 11.3 Å². The lowest BCUT2D eigenvalue weighted by molar-refractivity contribution is -0.387. The zero-order chi connectivity index (χ0) is 10.5. The minimum atomic E-state index is -6.00. The van der Waals surface area contributed by atoms with Crippen LogP contribution in [-0.4, -0.2) is 7.25 Å². The highest BCUT2D eigenvalue weighted by Crippen LogP contribution is 2.06. The van der Waals surface area contributed by atoms with Crippen LogP contribution in [0, 0.1) is 13.8 Å². The number of hydrogen-bond acceptors (Lipinski definition) is 0. The monoisotopic (exact) mass is 195 g/mol. The molecule has 0 aromatic carbocycles. The van der Waals surface area contributed by atoms with Gasteiger partial charge in [0.2, 0.25) is 0 Å². The molecule has 0 saturated heterocycles. The largest absolute Gasteiger partial charge is 0.673 e. The lowest BCUT2D eigenvalue weighted by Gasteiger charge is -1.94. The molecule has 0 unspecified atom stereocenters. The second-order valence-corrected chi connectivity index (χ2v) is 2.54. The quantitative estimate of drug-likeness (QED) is 0.445. The van der Waals surface area contributed by atoms with Gasteiger partial charge in [-0.1, -0.05) is 0 Å². The van der Waals surface area contributed by atoms with Crippen LogP contribution in [0.2, 0.25) is 0 Å². The molecule has 1 aromatic heterocycles. The smallest absolute Gasteiger partial charge is 0.418 e. The Morgan fingerprint density at radius 1 is 1.15 bits per heavy atom. The van der Waals surface area contributed by atoms with Crippen LogP contribution in [0.1, 0.15) is 11.3 Å². The first-order valence-electron chi connectivity index (χ1n) is 3.61. The van der Waals surface area contributed by atoms with Gasteiger partial charge in [-0.3, -0.25) is 0 Å². The summed E-state index contributed by atoms with van der Waals surface area (Å²) in [5.74, 6) is 0. The normalized spacial score (nSPS) is 10.3. The van der Waals surface area contributed by atoms with Crippen molar-refractivity contribution in [2.45, 2.75) is 13.8 Å². The summed E-state index contributed by atoms with van der Waals surface area (Å²) in [4.78, 5) is 3.07. The van der Waals surface area contributed by atoms with Crippen molar-refractivity contribution in [2.24, 2.45) is 0 Å². The van der Waals surface area contributed by atoms with Crippen molar-refractivity contribution in [1.82, 2.24) is 0 Å². The van der Waals surface area contributed by atoms with Crippen LogP contribution in [0.3, 0.4) is 0 Å². The van der Waals surface area contributed by atoms with E-state index in [9.17, 15) is 17.3 Å². The highest BCUT2D eigenvalue weighted by molar-refractivity contribution is 6.50. The third-order valence-corrected chi connectivity index (χ3v) is 1.10. The number of H-pyrrole nitrogens is 1. The van der Waals surface area contributed by atoms with Crippen LogP contribution in [0.25, 0.3) is 0 Å². The molecule has 1 nitrogen and oxygen atoms in total. The maximum atomic E-state index is 9.75. The number of nitrogens with one attached hydrogen (secondary N) is 1. The summed E-state index contributed by atoms with van der Waals surface area (Å²) < 4.78 is 39.0. The molecule has 1 rings (SSSR count). The van der Waals surface area contributed by atoms with Crippen molar-refractivity contribution >= 4 is 7.25 Å². The highest BCUT2D eigenvalue weighted by Gasteiger charge is 2.20. The molecule has 0 aliphatic heterocycles. The van der Waals surface area contributed by atoms with Gasteiger partial charge in [-0.2, -0.15) is 0 Å². The summed E-state index contributed by atoms with van der Waals surface area (Å²) in [6, 6.07) is 4.16. The molecular weight excluding hydrogens is 185 g/mol. The molecule has 13 heavy (non-hydrogen) atoms. The number of halogens is 4. The maximum absolute atomic E-state index is 9.75. The van der Waals surface area contributed by atoms with Gasteiger partial charge >= 0.3 is 7.25 Å². The summed E-state index contributed by atoms with van der Waals surface area (Å²) in [6.07, 6.45) is 1.95. The Labute approximate surface area is 73.9 Å². The molecule has 0 aliphatic carbocycles. The predicted octanol–water partition coefficient (Wildman–Crippen LogP) is 2.42. The van der Waals surface area contributed by atoms with Gasteiger partial charge in [0.1, 0.15) is 0 Å². The van der Waals surface area contributed by atoms with E-state index in [-0.39, 0.29) is 0 Å². The number of aromatic amines is 1. The van der Waals surface area contributed by atoms with Crippen LogP contribution in [0.15, 0.2) is 18.3 Å². The van der Waals surface area contributed by atoms with Crippen LogP contribution >= 0.6 is 0 Å². The maximum Gasteiger partial charge on any atom is 0.673 e. The summed E-state index contributed by atoms with van der Waals surface area (Å²) in [5, 5.41) is 0. The minimum absolute atomic E-state index is 1.21. The molecule has 0 amide bonds. The number of hydrogen-bond donors (Lipinski definition) is 0. The molecule has 1 N–H and O–H groups in total. The van der Waals surface area contributed by atoms with Crippen molar-refractivity contribution in [3.63, 3.8) is 0 Å². The van der Waals surface area contributed by atoms with Gasteiger partial charge in [-0.15, -0.1) is 0 Å². The summed E-state index contributed by atoms with van der Waals surface area (Å²) in [6.45, 7) is 4.13. The van der Waals surface area contributed by atoms with Gasteiger partial charge in [0.05, 0.1) is 0 Å². The van der Waals surface area contributed by atoms with Crippen molar-refractivity contribution < 1.29 is 22.2 Å². The number of aromatic nitrogens is 1. The molecule has 0 atom stereocenters. The molecule has 1 aromatic rings. The van der Waals surface area contributed by atoms with Crippen molar-refractivity contribution in [3.8, 4) is 0 Å². The Kier molecular flexibility index (Phi) is 4.44. The van der Waals surface area contributed by atoms with Crippen molar-refractivity contribution in [2.75, 3.05) is 0 Å². The fraction of sp³-hybridized carbons (Fsp3) is 0.286. The first kappa shape index (κ1) is 11.9. The minimum Gasteiger partial charge on any atom is -0.418 e. The fourth-order valence-electron chi connectivity index (χ4n) is 0.736. The standard InChI is InChI=1S/C7H9N.BF4/c1-6-3-4-8-7(2)5-6;2-1(3,4)5/h3-5H,1-2H3;/q;-1/p+1. The number of aryl methyl sites for hydroxylation is 2. The Morgan fingerprint density at radius 2 is 1.62 bits per heavy atom. The fourth-order valence-corrected chi connectivity index (χ4v) is 0.736. The van der Waals surface area contributed by atoms with Crippen LogP contribution in [-0.2, 0) is 0 Å². The van der Waals surface area contributed by atoms with E-state index in [2.05, 4.69) is 18.0 Å². The van der Waals surface area contributed by atoms with Gasteiger partial charge in [-0.05, 0) is 12.5 Å². The SMILES string of the molecule is Cc1cc[nH+]c(C)c1.F[B-](F)(F)F. The molecule has 0 fully saturated rings. The van der Waals surface area contributed by atoms with E-state index in [0.29, 0.717) is 0 Å². The van der Waals surface area contributed by atoms with Gasteiger partial charge in [0.15, 0.2) is 11.9 Å². The van der Waals surface area contributed by atoms with E-state index in [1.54, 1.807) is 0 Å². The van der Waals surface area contributed by atoms with E-state index in [0.717, 1.165) is 0 Å². The average molecular weight is 195 g/mol. The van der Waals surface area contributed by atoms with E-state index in [4.69, 9.17) is 0 Å².